The van der Waals surface area contributed by atoms with Crippen LogP contribution in [-0.2, 0) is 9.47 Å². The third-order valence-corrected chi connectivity index (χ3v) is 2.70. The molecule has 0 spiro atoms. The molecule has 2 rings (SSSR count). The molecule has 2 unspecified atom stereocenters. The van der Waals surface area contributed by atoms with Gasteiger partial charge < -0.3 is 9.47 Å². The number of rotatable bonds is 2. The number of hydrogen-bond donors (Lipinski definition) is 0. The van der Waals surface area contributed by atoms with Gasteiger partial charge in [-0.3, -0.25) is 4.98 Å². The predicted octanol–water partition coefficient (Wildman–Crippen LogP) is 2.50. The smallest absolute Gasteiger partial charge is 0.185 e. The van der Waals surface area contributed by atoms with E-state index in [0.29, 0.717) is 12.5 Å². The lowest BCUT2D eigenvalue weighted by Gasteiger charge is -2.09. The van der Waals surface area contributed by atoms with Crippen molar-refractivity contribution in [2.75, 3.05) is 12.5 Å². The summed E-state index contributed by atoms with van der Waals surface area (Å²) in [5.41, 5.74) is 0.909. The van der Waals surface area contributed by atoms with E-state index in [2.05, 4.69) is 20.9 Å². The number of alkyl halides is 1. The highest BCUT2D eigenvalue weighted by molar-refractivity contribution is 9.10. The number of nitrogens with zero attached hydrogens (tertiary/aromatic N) is 1. The van der Waals surface area contributed by atoms with Gasteiger partial charge in [-0.25, -0.2) is 0 Å². The minimum Gasteiger partial charge on any atom is -0.346 e. The summed E-state index contributed by atoms with van der Waals surface area (Å²) in [6.45, 7) is 0.542. The van der Waals surface area contributed by atoms with Gasteiger partial charge in [0.1, 0.15) is 0 Å². The van der Waals surface area contributed by atoms with Gasteiger partial charge in [0, 0.05) is 22.4 Å². The molecule has 2 heterocycles. The molecule has 1 aromatic rings. The molecular weight excluding hydrogens is 269 g/mol. The molecule has 1 aromatic heterocycles. The fourth-order valence-corrected chi connectivity index (χ4v) is 1.81. The van der Waals surface area contributed by atoms with Crippen LogP contribution in [0.1, 0.15) is 11.9 Å². The Labute approximate surface area is 95.5 Å². The molecule has 5 heteroatoms. The summed E-state index contributed by atoms with van der Waals surface area (Å²) < 4.78 is 11.9. The van der Waals surface area contributed by atoms with Gasteiger partial charge in [-0.05, 0) is 22.0 Å². The Bertz CT molecular complexity index is 323. The normalized spacial score (nSPS) is 26.7. The first kappa shape index (κ1) is 10.4. The monoisotopic (exact) mass is 277 g/mol. The Kier molecular flexibility index (Phi) is 3.38. The van der Waals surface area contributed by atoms with Gasteiger partial charge >= 0.3 is 0 Å². The zero-order valence-corrected chi connectivity index (χ0v) is 9.66. The molecule has 0 aliphatic carbocycles. The molecule has 1 aliphatic rings. The van der Waals surface area contributed by atoms with Crippen LogP contribution in [0.5, 0.6) is 0 Å². The molecular formula is C9H9BrClNO2. The fraction of sp³-hybridized carbons (Fsp3) is 0.444. The van der Waals surface area contributed by atoms with Crippen LogP contribution in [0.25, 0.3) is 0 Å². The van der Waals surface area contributed by atoms with Crippen LogP contribution in [0.15, 0.2) is 22.9 Å². The zero-order valence-electron chi connectivity index (χ0n) is 7.32. The van der Waals surface area contributed by atoms with Crippen molar-refractivity contribution in [2.24, 2.45) is 0 Å². The molecule has 0 aromatic carbocycles. The van der Waals surface area contributed by atoms with E-state index in [9.17, 15) is 0 Å². The van der Waals surface area contributed by atoms with E-state index < -0.39 is 0 Å². The van der Waals surface area contributed by atoms with Gasteiger partial charge in [0.15, 0.2) is 6.29 Å². The average Bonchev–Trinajstić information content (AvgIpc) is 2.66. The summed E-state index contributed by atoms with van der Waals surface area (Å²) in [4.78, 5) is 4.04. The van der Waals surface area contributed by atoms with Crippen LogP contribution in [0.2, 0.25) is 0 Å². The molecule has 14 heavy (non-hydrogen) atoms. The summed E-state index contributed by atoms with van der Waals surface area (Å²) in [6.07, 6.45) is 3.10. The number of aromatic nitrogens is 1. The van der Waals surface area contributed by atoms with Crippen molar-refractivity contribution in [3.8, 4) is 0 Å². The largest absolute Gasteiger partial charge is 0.346 e. The summed E-state index contributed by atoms with van der Waals surface area (Å²) in [6, 6.07) is 1.92. The van der Waals surface area contributed by atoms with Gasteiger partial charge in [0.25, 0.3) is 0 Å². The van der Waals surface area contributed by atoms with Crippen molar-refractivity contribution in [1.29, 1.82) is 0 Å². The first-order valence-electron chi connectivity index (χ1n) is 4.23. The maximum Gasteiger partial charge on any atom is 0.185 e. The third kappa shape index (κ3) is 2.25. The molecule has 2 atom stereocenters. The van der Waals surface area contributed by atoms with Crippen molar-refractivity contribution in [3.05, 3.63) is 28.5 Å². The average molecular weight is 279 g/mol. The van der Waals surface area contributed by atoms with Gasteiger partial charge in [-0.15, -0.1) is 11.6 Å². The van der Waals surface area contributed by atoms with Crippen LogP contribution < -0.4 is 0 Å². The SMILES string of the molecule is ClCC1COC(c2cncc(Br)c2)O1. The Balaban J connectivity index is 2.09. The van der Waals surface area contributed by atoms with Gasteiger partial charge in [-0.1, -0.05) is 0 Å². The second-order valence-corrected chi connectivity index (χ2v) is 4.24. The third-order valence-electron chi connectivity index (χ3n) is 1.92. The fourth-order valence-electron chi connectivity index (χ4n) is 1.26. The molecule has 1 aliphatic heterocycles. The van der Waals surface area contributed by atoms with Gasteiger partial charge in [0.05, 0.1) is 18.6 Å². The Morgan fingerprint density at radius 1 is 1.57 bits per heavy atom. The number of hydrogen-bond acceptors (Lipinski definition) is 3. The lowest BCUT2D eigenvalue weighted by molar-refractivity contribution is -0.0569. The van der Waals surface area contributed by atoms with Crippen LogP contribution >= 0.6 is 27.5 Å². The second-order valence-electron chi connectivity index (χ2n) is 3.01. The standard InChI is InChI=1S/C9H9BrClNO2/c10-7-1-6(3-12-4-7)9-13-5-8(2-11)14-9/h1,3-4,8-9H,2,5H2. The molecule has 0 bridgehead atoms. The van der Waals surface area contributed by atoms with E-state index in [1.165, 1.54) is 0 Å². The number of halogens is 2. The van der Waals surface area contributed by atoms with Crippen LogP contribution in [-0.4, -0.2) is 23.6 Å². The molecule has 0 N–H and O–H groups in total. The van der Waals surface area contributed by atoms with E-state index in [-0.39, 0.29) is 12.4 Å². The van der Waals surface area contributed by atoms with Crippen LogP contribution in [0.4, 0.5) is 0 Å². The van der Waals surface area contributed by atoms with E-state index in [1.807, 2.05) is 6.07 Å². The van der Waals surface area contributed by atoms with Crippen molar-refractivity contribution in [3.63, 3.8) is 0 Å². The molecule has 0 radical (unpaired) electrons. The Hall–Kier alpha value is -0.160. The van der Waals surface area contributed by atoms with Crippen LogP contribution in [0, 0.1) is 0 Å². The Morgan fingerprint density at radius 3 is 3.07 bits per heavy atom. The van der Waals surface area contributed by atoms with E-state index in [4.69, 9.17) is 21.1 Å². The number of pyridine rings is 1. The summed E-state index contributed by atoms with van der Waals surface area (Å²) in [7, 11) is 0. The Morgan fingerprint density at radius 2 is 2.43 bits per heavy atom. The predicted molar refractivity (Wildman–Crippen MR) is 56.2 cm³/mol. The minimum atomic E-state index is -0.330. The lowest BCUT2D eigenvalue weighted by Crippen LogP contribution is -2.10. The van der Waals surface area contributed by atoms with Crippen LogP contribution in [0.3, 0.4) is 0 Å². The molecule has 3 nitrogen and oxygen atoms in total. The molecule has 1 saturated heterocycles. The lowest BCUT2D eigenvalue weighted by atomic mass is 10.3. The summed E-state index contributed by atoms with van der Waals surface area (Å²) in [5, 5.41) is 0. The topological polar surface area (TPSA) is 31.4 Å². The molecule has 76 valence electrons. The van der Waals surface area contributed by atoms with Crippen molar-refractivity contribution in [2.45, 2.75) is 12.4 Å². The maximum atomic E-state index is 5.66. The van der Waals surface area contributed by atoms with Gasteiger partial charge in [0.2, 0.25) is 0 Å². The first-order valence-corrected chi connectivity index (χ1v) is 5.56. The highest BCUT2D eigenvalue weighted by Gasteiger charge is 2.26. The van der Waals surface area contributed by atoms with Crippen molar-refractivity contribution < 1.29 is 9.47 Å². The highest BCUT2D eigenvalue weighted by Crippen LogP contribution is 2.28. The van der Waals surface area contributed by atoms with Crippen molar-refractivity contribution >= 4 is 27.5 Å². The molecule has 0 saturated carbocycles. The van der Waals surface area contributed by atoms with Crippen molar-refractivity contribution in [1.82, 2.24) is 4.98 Å². The maximum absolute atomic E-state index is 5.66. The van der Waals surface area contributed by atoms with E-state index in [1.54, 1.807) is 12.4 Å². The summed E-state index contributed by atoms with van der Waals surface area (Å²) in [5.74, 6) is 0.456. The molecule has 1 fully saturated rings. The first-order chi connectivity index (χ1) is 6.79. The van der Waals surface area contributed by atoms with E-state index in [0.717, 1.165) is 10.0 Å². The second kappa shape index (κ2) is 4.57. The minimum absolute atomic E-state index is 0.0133. The zero-order chi connectivity index (χ0) is 9.97. The summed E-state index contributed by atoms with van der Waals surface area (Å²) >= 11 is 9.00. The number of ether oxygens (including phenoxy) is 2. The quantitative estimate of drug-likeness (QED) is 0.779. The molecule has 0 amide bonds. The highest BCUT2D eigenvalue weighted by atomic mass is 79.9. The van der Waals surface area contributed by atoms with E-state index >= 15 is 0 Å². The van der Waals surface area contributed by atoms with Gasteiger partial charge in [-0.2, -0.15) is 0 Å².